The van der Waals surface area contributed by atoms with Gasteiger partial charge in [-0.3, -0.25) is 4.79 Å². The molecule has 0 radical (unpaired) electrons. The van der Waals surface area contributed by atoms with Gasteiger partial charge in [-0.2, -0.15) is 0 Å². The number of nitrogens with zero attached hydrogens (tertiary/aromatic N) is 3. The molecule has 6 heteroatoms. The topological polar surface area (TPSA) is 71.3 Å². The summed E-state index contributed by atoms with van der Waals surface area (Å²) < 4.78 is 6.12. The summed E-state index contributed by atoms with van der Waals surface area (Å²) in [7, 11) is 0. The predicted octanol–water partition coefficient (Wildman–Crippen LogP) is 4.43. The third-order valence-electron chi connectivity index (χ3n) is 6.00. The van der Waals surface area contributed by atoms with Crippen LogP contribution in [0.4, 0.5) is 5.82 Å². The van der Waals surface area contributed by atoms with Crippen molar-refractivity contribution in [2.75, 3.05) is 18.0 Å². The molecule has 6 nitrogen and oxygen atoms in total. The summed E-state index contributed by atoms with van der Waals surface area (Å²) in [5.41, 5.74) is 2.21. The van der Waals surface area contributed by atoms with Crippen LogP contribution < -0.4 is 10.2 Å². The molecule has 2 aliphatic rings. The summed E-state index contributed by atoms with van der Waals surface area (Å²) in [4.78, 5) is 24.5. The van der Waals surface area contributed by atoms with Crippen molar-refractivity contribution in [2.45, 2.75) is 57.4 Å². The van der Waals surface area contributed by atoms with Crippen molar-refractivity contribution >= 4 is 33.8 Å². The van der Waals surface area contributed by atoms with Gasteiger partial charge in [0.2, 0.25) is 5.82 Å². The summed E-state index contributed by atoms with van der Waals surface area (Å²) in [6, 6.07) is 8.10. The van der Waals surface area contributed by atoms with E-state index in [1.807, 2.05) is 24.3 Å². The van der Waals surface area contributed by atoms with E-state index in [9.17, 15) is 4.79 Å². The lowest BCUT2D eigenvalue weighted by Gasteiger charge is -2.28. The number of carbonyl (C=O) groups is 1. The maximum atomic E-state index is 13.0. The van der Waals surface area contributed by atoms with Crippen molar-refractivity contribution in [3.05, 3.63) is 30.1 Å². The average Bonchev–Trinajstić information content (AvgIpc) is 3.13. The largest absolute Gasteiger partial charge is 0.450 e. The number of hydrogen-bond donors (Lipinski definition) is 1. The number of anilines is 1. The SMILES string of the molecule is O=C(NC1CCCCC1)c1nc(N2CCCCC2)c2oc3ccccc3c2n1. The van der Waals surface area contributed by atoms with Crippen molar-refractivity contribution in [3.8, 4) is 0 Å². The Balaban J connectivity index is 1.58. The smallest absolute Gasteiger partial charge is 0.289 e. The monoisotopic (exact) mass is 378 g/mol. The number of benzene rings is 1. The molecule has 0 atom stereocenters. The van der Waals surface area contributed by atoms with Gasteiger partial charge in [-0.25, -0.2) is 9.97 Å². The minimum atomic E-state index is -0.169. The normalized spacial score (nSPS) is 18.6. The van der Waals surface area contributed by atoms with Gasteiger partial charge in [0.1, 0.15) is 11.1 Å². The minimum absolute atomic E-state index is 0.169. The Bertz CT molecular complexity index is 1000. The fourth-order valence-electron chi connectivity index (χ4n) is 4.49. The van der Waals surface area contributed by atoms with Crippen LogP contribution in [0.5, 0.6) is 0 Å². The number of rotatable bonds is 3. The Morgan fingerprint density at radius 2 is 1.75 bits per heavy atom. The molecule has 1 aliphatic carbocycles. The quantitative estimate of drug-likeness (QED) is 0.730. The number of piperidine rings is 1. The van der Waals surface area contributed by atoms with Gasteiger partial charge in [-0.05, 0) is 44.2 Å². The molecule has 0 bridgehead atoms. The molecule has 146 valence electrons. The molecule has 5 rings (SSSR count). The standard InChI is InChI=1S/C22H26N4O2/c27-22(23-15-9-3-1-4-10-15)20-24-18-16-11-5-6-12-17(16)28-19(18)21(25-20)26-13-7-2-8-14-26/h5-6,11-12,15H,1-4,7-10,13-14H2,(H,23,27). The van der Waals surface area contributed by atoms with Crippen LogP contribution >= 0.6 is 0 Å². The van der Waals surface area contributed by atoms with Crippen LogP contribution in [-0.4, -0.2) is 35.0 Å². The molecule has 28 heavy (non-hydrogen) atoms. The first-order valence-corrected chi connectivity index (χ1v) is 10.5. The lowest BCUT2D eigenvalue weighted by atomic mass is 9.95. The molecule has 1 saturated heterocycles. The fraction of sp³-hybridized carbons (Fsp3) is 0.500. The summed E-state index contributed by atoms with van der Waals surface area (Å²) in [5.74, 6) is 0.845. The number of para-hydroxylation sites is 1. The van der Waals surface area contributed by atoms with E-state index in [0.29, 0.717) is 5.58 Å². The highest BCUT2D eigenvalue weighted by Gasteiger charge is 2.25. The van der Waals surface area contributed by atoms with Gasteiger partial charge in [-0.15, -0.1) is 0 Å². The van der Waals surface area contributed by atoms with Crippen LogP contribution in [0.2, 0.25) is 0 Å². The highest BCUT2D eigenvalue weighted by molar-refractivity contribution is 6.07. The van der Waals surface area contributed by atoms with Crippen molar-refractivity contribution in [1.29, 1.82) is 0 Å². The van der Waals surface area contributed by atoms with Gasteiger partial charge in [0.25, 0.3) is 5.91 Å². The number of hydrogen-bond acceptors (Lipinski definition) is 5. The lowest BCUT2D eigenvalue weighted by Crippen LogP contribution is -2.37. The molecule has 2 aromatic heterocycles. The highest BCUT2D eigenvalue weighted by Crippen LogP contribution is 2.34. The number of fused-ring (bicyclic) bond motifs is 3. The molecule has 1 amide bonds. The molecular formula is C22H26N4O2. The first kappa shape index (κ1) is 17.5. The third kappa shape index (κ3) is 3.21. The first-order valence-electron chi connectivity index (χ1n) is 10.5. The number of nitrogens with one attached hydrogen (secondary N) is 1. The van der Waals surface area contributed by atoms with Crippen molar-refractivity contribution in [3.63, 3.8) is 0 Å². The molecule has 1 N–H and O–H groups in total. The van der Waals surface area contributed by atoms with Crippen LogP contribution in [0, 0.1) is 0 Å². The zero-order valence-corrected chi connectivity index (χ0v) is 16.1. The second-order valence-corrected chi connectivity index (χ2v) is 8.00. The molecular weight excluding hydrogens is 352 g/mol. The van der Waals surface area contributed by atoms with E-state index >= 15 is 0 Å². The summed E-state index contributed by atoms with van der Waals surface area (Å²) in [5, 5.41) is 4.09. The second kappa shape index (κ2) is 7.41. The van der Waals surface area contributed by atoms with Crippen LogP contribution in [0.25, 0.3) is 22.1 Å². The summed E-state index contributed by atoms with van der Waals surface area (Å²) >= 11 is 0. The van der Waals surface area contributed by atoms with Crippen LogP contribution in [-0.2, 0) is 0 Å². The van der Waals surface area contributed by atoms with Crippen LogP contribution in [0.15, 0.2) is 28.7 Å². The maximum Gasteiger partial charge on any atom is 0.289 e. The van der Waals surface area contributed by atoms with Gasteiger partial charge in [-0.1, -0.05) is 31.4 Å². The molecule has 0 spiro atoms. The molecule has 1 aliphatic heterocycles. The molecule has 1 saturated carbocycles. The van der Waals surface area contributed by atoms with Gasteiger partial charge in [0.15, 0.2) is 11.4 Å². The molecule has 1 aromatic carbocycles. The number of aromatic nitrogens is 2. The average molecular weight is 378 g/mol. The first-order chi connectivity index (χ1) is 13.8. The Morgan fingerprint density at radius 3 is 2.57 bits per heavy atom. The molecule has 2 fully saturated rings. The zero-order valence-electron chi connectivity index (χ0n) is 16.1. The van der Waals surface area contributed by atoms with Gasteiger partial charge < -0.3 is 14.6 Å². The van der Waals surface area contributed by atoms with Crippen molar-refractivity contribution in [2.24, 2.45) is 0 Å². The van der Waals surface area contributed by atoms with Crippen molar-refractivity contribution < 1.29 is 9.21 Å². The summed E-state index contributed by atoms with van der Waals surface area (Å²) in [6.07, 6.45) is 9.20. The van der Waals surface area contributed by atoms with E-state index in [-0.39, 0.29) is 17.8 Å². The Morgan fingerprint density at radius 1 is 1.00 bits per heavy atom. The molecule has 3 heterocycles. The van der Waals surface area contributed by atoms with Gasteiger partial charge in [0, 0.05) is 24.5 Å². The van der Waals surface area contributed by atoms with E-state index in [1.54, 1.807) is 0 Å². The lowest BCUT2D eigenvalue weighted by molar-refractivity contribution is 0.0917. The van der Waals surface area contributed by atoms with Crippen molar-refractivity contribution in [1.82, 2.24) is 15.3 Å². The highest BCUT2D eigenvalue weighted by atomic mass is 16.3. The molecule has 0 unspecified atom stereocenters. The Labute approximate surface area is 164 Å². The Kier molecular flexibility index (Phi) is 4.63. The van der Waals surface area contributed by atoms with E-state index in [2.05, 4.69) is 15.2 Å². The predicted molar refractivity (Wildman–Crippen MR) is 110 cm³/mol. The van der Waals surface area contributed by atoms with Crippen LogP contribution in [0.3, 0.4) is 0 Å². The van der Waals surface area contributed by atoms with E-state index in [4.69, 9.17) is 9.40 Å². The Hall–Kier alpha value is -2.63. The number of furan rings is 1. The third-order valence-corrected chi connectivity index (χ3v) is 6.00. The maximum absolute atomic E-state index is 13.0. The van der Waals surface area contributed by atoms with E-state index < -0.39 is 0 Å². The zero-order chi connectivity index (χ0) is 18.9. The van der Waals surface area contributed by atoms with E-state index in [0.717, 1.165) is 61.1 Å². The van der Waals surface area contributed by atoms with Gasteiger partial charge in [0.05, 0.1) is 0 Å². The molecule has 3 aromatic rings. The number of amides is 1. The summed E-state index contributed by atoms with van der Waals surface area (Å²) in [6.45, 7) is 1.87. The second-order valence-electron chi connectivity index (χ2n) is 8.00. The minimum Gasteiger partial charge on any atom is -0.450 e. The number of carbonyl (C=O) groups excluding carboxylic acids is 1. The van der Waals surface area contributed by atoms with E-state index in [1.165, 1.54) is 25.7 Å². The fourth-order valence-corrected chi connectivity index (χ4v) is 4.49. The van der Waals surface area contributed by atoms with Gasteiger partial charge >= 0.3 is 0 Å². The van der Waals surface area contributed by atoms with Crippen LogP contribution in [0.1, 0.15) is 62.0 Å².